The third-order valence-corrected chi connectivity index (χ3v) is 3.16. The van der Waals surface area contributed by atoms with Crippen LogP contribution in [-0.4, -0.2) is 32.9 Å². The van der Waals surface area contributed by atoms with E-state index in [2.05, 4.69) is 36.5 Å². The highest BCUT2D eigenvalue weighted by atomic mass is 79.9. The molecule has 0 unspecified atom stereocenters. The number of rotatable bonds is 5. The molecule has 3 N–H and O–H groups in total. The Morgan fingerprint density at radius 3 is 2.57 bits per heavy atom. The molecular weight excluding hydrogens is 368 g/mol. The second kappa shape index (κ2) is 7.45. The summed E-state index contributed by atoms with van der Waals surface area (Å²) in [7, 11) is 0. The number of anilines is 2. The van der Waals surface area contributed by atoms with Crippen LogP contribution in [0.5, 0.6) is 0 Å². The number of nitrogens with one attached hydrogen (secondary N) is 2. The maximum absolute atomic E-state index is 12.0. The van der Waals surface area contributed by atoms with Crippen molar-refractivity contribution < 1.29 is 19.5 Å². The standard InChI is InChI=1S/C14H11BrN4O4/c15-8-1-2-9(19-14(22)23)10(5-8)18-13(21)6-12(20)11-7-16-3-4-17-11/h1-5,7,19H,6H2,(H,18,21)(H,22,23). The fourth-order valence-electron chi connectivity index (χ4n) is 1.72. The molecule has 2 rings (SSSR count). The summed E-state index contributed by atoms with van der Waals surface area (Å²) >= 11 is 3.23. The molecule has 0 saturated carbocycles. The number of amides is 2. The molecular formula is C14H11BrN4O4. The molecule has 9 heteroatoms. The third kappa shape index (κ3) is 4.85. The van der Waals surface area contributed by atoms with E-state index in [1.54, 1.807) is 6.07 Å². The summed E-state index contributed by atoms with van der Waals surface area (Å²) in [5.74, 6) is -1.08. The van der Waals surface area contributed by atoms with Gasteiger partial charge in [-0.05, 0) is 18.2 Å². The summed E-state index contributed by atoms with van der Waals surface area (Å²) < 4.78 is 0.643. The summed E-state index contributed by atoms with van der Waals surface area (Å²) in [4.78, 5) is 42.2. The average molecular weight is 379 g/mol. The lowest BCUT2D eigenvalue weighted by atomic mass is 10.2. The van der Waals surface area contributed by atoms with Gasteiger partial charge < -0.3 is 10.4 Å². The molecule has 2 aromatic rings. The number of carbonyl (C=O) groups is 3. The lowest BCUT2D eigenvalue weighted by molar-refractivity contribution is -0.115. The minimum atomic E-state index is -1.27. The molecule has 2 amide bonds. The van der Waals surface area contributed by atoms with Gasteiger partial charge in [-0.2, -0.15) is 0 Å². The van der Waals surface area contributed by atoms with E-state index >= 15 is 0 Å². The average Bonchev–Trinajstić information content (AvgIpc) is 2.50. The van der Waals surface area contributed by atoms with Crippen LogP contribution in [0, 0.1) is 0 Å². The van der Waals surface area contributed by atoms with E-state index in [1.165, 1.54) is 30.7 Å². The predicted octanol–water partition coefficient (Wildman–Crippen LogP) is 2.54. The van der Waals surface area contributed by atoms with Crippen LogP contribution in [0.15, 0.2) is 41.3 Å². The quantitative estimate of drug-likeness (QED) is 0.542. The lowest BCUT2D eigenvalue weighted by Crippen LogP contribution is -2.19. The molecule has 8 nitrogen and oxygen atoms in total. The Balaban J connectivity index is 2.09. The maximum Gasteiger partial charge on any atom is 0.409 e. The topological polar surface area (TPSA) is 121 Å². The molecule has 0 spiro atoms. The molecule has 1 aromatic heterocycles. The van der Waals surface area contributed by atoms with E-state index in [0.29, 0.717) is 4.47 Å². The fourth-order valence-corrected chi connectivity index (χ4v) is 2.08. The zero-order chi connectivity index (χ0) is 16.8. The molecule has 1 heterocycles. The first kappa shape index (κ1) is 16.6. The van der Waals surface area contributed by atoms with Gasteiger partial charge in [0.1, 0.15) is 5.69 Å². The predicted molar refractivity (Wildman–Crippen MR) is 85.4 cm³/mol. The number of carboxylic acid groups (broad SMARTS) is 1. The van der Waals surface area contributed by atoms with Crippen molar-refractivity contribution in [3.63, 3.8) is 0 Å². The molecule has 0 saturated heterocycles. The Hall–Kier alpha value is -2.81. The summed E-state index contributed by atoms with van der Waals surface area (Å²) in [5, 5.41) is 13.4. The van der Waals surface area contributed by atoms with Gasteiger partial charge in [-0.3, -0.25) is 19.9 Å². The number of aromatic nitrogens is 2. The van der Waals surface area contributed by atoms with Crippen molar-refractivity contribution >= 4 is 45.1 Å². The number of Topliss-reactive ketones (excluding diaryl/α,β-unsaturated/α-hetero) is 1. The van der Waals surface area contributed by atoms with Crippen molar-refractivity contribution in [1.82, 2.24) is 9.97 Å². The number of ketones is 1. The van der Waals surface area contributed by atoms with Gasteiger partial charge in [0.2, 0.25) is 5.91 Å². The van der Waals surface area contributed by atoms with E-state index in [0.717, 1.165) is 0 Å². The van der Waals surface area contributed by atoms with Crippen LogP contribution in [-0.2, 0) is 4.79 Å². The highest BCUT2D eigenvalue weighted by molar-refractivity contribution is 9.10. The smallest absolute Gasteiger partial charge is 0.409 e. The van der Waals surface area contributed by atoms with Crippen molar-refractivity contribution in [1.29, 1.82) is 0 Å². The van der Waals surface area contributed by atoms with Crippen molar-refractivity contribution in [3.8, 4) is 0 Å². The summed E-state index contributed by atoms with van der Waals surface area (Å²) in [6.45, 7) is 0. The molecule has 0 aliphatic heterocycles. The first-order valence-electron chi connectivity index (χ1n) is 6.34. The number of carbonyl (C=O) groups excluding carboxylic acids is 2. The summed E-state index contributed by atoms with van der Waals surface area (Å²) in [5.41, 5.74) is 0.514. The van der Waals surface area contributed by atoms with Gasteiger partial charge in [-0.25, -0.2) is 9.78 Å². The highest BCUT2D eigenvalue weighted by Crippen LogP contribution is 2.26. The van der Waals surface area contributed by atoms with Gasteiger partial charge in [0.05, 0.1) is 24.0 Å². The second-order valence-electron chi connectivity index (χ2n) is 4.36. The van der Waals surface area contributed by atoms with Crippen LogP contribution >= 0.6 is 15.9 Å². The number of hydrogen-bond donors (Lipinski definition) is 3. The summed E-state index contributed by atoms with van der Waals surface area (Å²) in [6.07, 6.45) is 2.35. The molecule has 23 heavy (non-hydrogen) atoms. The second-order valence-corrected chi connectivity index (χ2v) is 5.27. The van der Waals surface area contributed by atoms with Crippen LogP contribution in [0.3, 0.4) is 0 Å². The van der Waals surface area contributed by atoms with Crippen LogP contribution < -0.4 is 10.6 Å². The van der Waals surface area contributed by atoms with E-state index in [1.807, 2.05) is 0 Å². The minimum Gasteiger partial charge on any atom is -0.465 e. The van der Waals surface area contributed by atoms with Crippen LogP contribution in [0.25, 0.3) is 0 Å². The zero-order valence-corrected chi connectivity index (χ0v) is 13.2. The van der Waals surface area contributed by atoms with Gasteiger partial charge in [0.15, 0.2) is 5.78 Å². The van der Waals surface area contributed by atoms with E-state index in [4.69, 9.17) is 5.11 Å². The van der Waals surface area contributed by atoms with Gasteiger partial charge in [0, 0.05) is 16.9 Å². The largest absolute Gasteiger partial charge is 0.465 e. The minimum absolute atomic E-state index is 0.0841. The molecule has 0 bridgehead atoms. The Morgan fingerprint density at radius 2 is 1.91 bits per heavy atom. The number of benzene rings is 1. The van der Waals surface area contributed by atoms with Gasteiger partial charge in [-0.15, -0.1) is 0 Å². The SMILES string of the molecule is O=C(O)Nc1ccc(Br)cc1NC(=O)CC(=O)c1cnccn1. The molecule has 0 fully saturated rings. The molecule has 0 aliphatic carbocycles. The van der Waals surface area contributed by atoms with Crippen LogP contribution in [0.4, 0.5) is 16.2 Å². The maximum atomic E-state index is 12.0. The highest BCUT2D eigenvalue weighted by Gasteiger charge is 2.15. The van der Waals surface area contributed by atoms with Crippen LogP contribution in [0.1, 0.15) is 16.9 Å². The van der Waals surface area contributed by atoms with Crippen LogP contribution in [0.2, 0.25) is 0 Å². The fraction of sp³-hybridized carbons (Fsp3) is 0.0714. The first-order valence-corrected chi connectivity index (χ1v) is 7.13. The third-order valence-electron chi connectivity index (χ3n) is 2.67. The first-order chi connectivity index (χ1) is 11.0. The molecule has 0 radical (unpaired) electrons. The monoisotopic (exact) mass is 378 g/mol. The van der Waals surface area contributed by atoms with Gasteiger partial charge >= 0.3 is 6.09 Å². The van der Waals surface area contributed by atoms with Gasteiger partial charge in [0.25, 0.3) is 0 Å². The van der Waals surface area contributed by atoms with Crippen molar-refractivity contribution in [2.24, 2.45) is 0 Å². The Bertz CT molecular complexity index is 752. The van der Waals surface area contributed by atoms with Crippen molar-refractivity contribution in [2.45, 2.75) is 6.42 Å². The molecule has 0 aliphatic rings. The van der Waals surface area contributed by atoms with E-state index < -0.39 is 24.2 Å². The number of hydrogen-bond acceptors (Lipinski definition) is 5. The molecule has 118 valence electrons. The number of nitrogens with zero attached hydrogens (tertiary/aromatic N) is 2. The summed E-state index contributed by atoms with van der Waals surface area (Å²) in [6, 6.07) is 4.62. The van der Waals surface area contributed by atoms with Gasteiger partial charge in [-0.1, -0.05) is 15.9 Å². The number of halogens is 1. The molecule has 0 atom stereocenters. The van der Waals surface area contributed by atoms with E-state index in [-0.39, 0.29) is 17.1 Å². The Labute approximate surface area is 139 Å². The van der Waals surface area contributed by atoms with E-state index in [9.17, 15) is 14.4 Å². The van der Waals surface area contributed by atoms with Crippen molar-refractivity contribution in [3.05, 3.63) is 47.0 Å². The zero-order valence-electron chi connectivity index (χ0n) is 11.6. The Morgan fingerprint density at radius 1 is 1.13 bits per heavy atom. The van der Waals surface area contributed by atoms with Crippen molar-refractivity contribution in [2.75, 3.05) is 10.6 Å². The molecule has 1 aromatic carbocycles. The lowest BCUT2D eigenvalue weighted by Gasteiger charge is -2.11. The Kier molecular flexibility index (Phi) is 5.36. The normalized spacial score (nSPS) is 9.96.